The van der Waals surface area contributed by atoms with Crippen molar-refractivity contribution in [2.75, 3.05) is 5.32 Å². The van der Waals surface area contributed by atoms with Crippen LogP contribution in [0.3, 0.4) is 0 Å². The van der Waals surface area contributed by atoms with Crippen molar-refractivity contribution < 1.29 is 0 Å². The summed E-state index contributed by atoms with van der Waals surface area (Å²) in [4.78, 5) is 8.42. The number of hydrogen-bond acceptors (Lipinski definition) is 5. The second-order valence-corrected chi connectivity index (χ2v) is 4.40. The van der Waals surface area contributed by atoms with E-state index in [0.717, 1.165) is 22.2 Å². The van der Waals surface area contributed by atoms with Crippen LogP contribution in [0.25, 0.3) is 11.4 Å². The summed E-state index contributed by atoms with van der Waals surface area (Å²) >= 11 is 1.35. The van der Waals surface area contributed by atoms with E-state index >= 15 is 0 Å². The van der Waals surface area contributed by atoms with E-state index in [1.165, 1.54) is 11.5 Å². The van der Waals surface area contributed by atoms with E-state index in [0.29, 0.717) is 0 Å². The van der Waals surface area contributed by atoms with Crippen LogP contribution in [0.2, 0.25) is 0 Å². The van der Waals surface area contributed by atoms with Crippen LogP contribution in [0.15, 0.2) is 54.9 Å². The Bertz CT molecular complexity index is 622. The van der Waals surface area contributed by atoms with Gasteiger partial charge in [0.15, 0.2) is 5.82 Å². The summed E-state index contributed by atoms with van der Waals surface area (Å²) in [5.41, 5.74) is 1.98. The summed E-state index contributed by atoms with van der Waals surface area (Å²) in [7, 11) is 0. The number of rotatable bonds is 3. The molecule has 88 valence electrons. The zero-order valence-corrected chi connectivity index (χ0v) is 10.3. The fraction of sp³-hybridized carbons (Fsp3) is 0. The zero-order valence-electron chi connectivity index (χ0n) is 9.45. The lowest BCUT2D eigenvalue weighted by Crippen LogP contribution is -1.89. The van der Waals surface area contributed by atoms with Crippen molar-refractivity contribution in [3.8, 4) is 11.4 Å². The predicted molar refractivity (Wildman–Crippen MR) is 72.9 cm³/mol. The molecule has 4 nitrogen and oxygen atoms in total. The summed E-state index contributed by atoms with van der Waals surface area (Å²) in [5, 5.41) is 3.98. The molecule has 0 aliphatic rings. The molecule has 0 unspecified atom stereocenters. The van der Waals surface area contributed by atoms with Gasteiger partial charge in [-0.1, -0.05) is 30.3 Å². The predicted octanol–water partition coefficient (Wildman–Crippen LogP) is 3.34. The number of nitrogens with one attached hydrogen (secondary N) is 1. The van der Waals surface area contributed by atoms with Gasteiger partial charge in [0.2, 0.25) is 5.13 Å². The van der Waals surface area contributed by atoms with E-state index in [9.17, 15) is 0 Å². The maximum absolute atomic E-state index is 4.45. The van der Waals surface area contributed by atoms with E-state index in [1.807, 2.05) is 42.5 Å². The van der Waals surface area contributed by atoms with Gasteiger partial charge >= 0.3 is 0 Å². The highest BCUT2D eigenvalue weighted by Crippen LogP contribution is 2.23. The van der Waals surface area contributed by atoms with Crippen LogP contribution >= 0.6 is 11.5 Å². The zero-order chi connectivity index (χ0) is 12.2. The molecule has 0 saturated carbocycles. The van der Waals surface area contributed by atoms with Crippen molar-refractivity contribution in [1.29, 1.82) is 0 Å². The smallest absolute Gasteiger partial charge is 0.207 e. The van der Waals surface area contributed by atoms with Gasteiger partial charge in [-0.2, -0.15) is 9.36 Å². The third-order valence-corrected chi connectivity index (χ3v) is 3.02. The Kier molecular flexibility index (Phi) is 2.97. The van der Waals surface area contributed by atoms with Gasteiger partial charge in [0.25, 0.3) is 0 Å². The first-order valence-electron chi connectivity index (χ1n) is 5.48. The lowest BCUT2D eigenvalue weighted by atomic mass is 10.2. The minimum atomic E-state index is 0.747. The van der Waals surface area contributed by atoms with Gasteiger partial charge in [-0.25, -0.2) is 0 Å². The molecule has 18 heavy (non-hydrogen) atoms. The Hall–Kier alpha value is -2.27. The average molecular weight is 254 g/mol. The molecule has 0 spiro atoms. The van der Waals surface area contributed by atoms with Crippen molar-refractivity contribution in [2.45, 2.75) is 0 Å². The first-order chi connectivity index (χ1) is 8.92. The monoisotopic (exact) mass is 254 g/mol. The van der Waals surface area contributed by atoms with Crippen molar-refractivity contribution >= 4 is 22.4 Å². The number of benzene rings is 1. The molecule has 0 bridgehead atoms. The first kappa shape index (κ1) is 10.9. The number of aromatic nitrogens is 3. The Balaban J connectivity index is 1.82. The first-order valence-corrected chi connectivity index (χ1v) is 6.25. The van der Waals surface area contributed by atoms with Crippen molar-refractivity contribution in [1.82, 2.24) is 14.3 Å². The SMILES string of the molecule is c1ccc(-c2nsc(Nc3ccncc3)n2)cc1. The van der Waals surface area contributed by atoms with Crippen LogP contribution < -0.4 is 5.32 Å². The molecule has 0 aliphatic heterocycles. The molecule has 0 saturated heterocycles. The van der Waals surface area contributed by atoms with Gasteiger partial charge in [-0.15, -0.1) is 0 Å². The molecule has 2 heterocycles. The number of anilines is 2. The second kappa shape index (κ2) is 4.93. The average Bonchev–Trinajstić information content (AvgIpc) is 2.89. The van der Waals surface area contributed by atoms with Gasteiger partial charge in [0.05, 0.1) is 0 Å². The topological polar surface area (TPSA) is 50.7 Å². The Morgan fingerprint density at radius 3 is 2.50 bits per heavy atom. The number of hydrogen-bond donors (Lipinski definition) is 1. The van der Waals surface area contributed by atoms with Gasteiger partial charge in [-0.05, 0) is 12.1 Å². The summed E-state index contributed by atoms with van der Waals surface area (Å²) in [5.74, 6) is 0.747. The van der Waals surface area contributed by atoms with E-state index < -0.39 is 0 Å². The van der Waals surface area contributed by atoms with Gasteiger partial charge in [-0.3, -0.25) is 4.98 Å². The van der Waals surface area contributed by atoms with Gasteiger partial charge < -0.3 is 5.32 Å². The molecule has 1 aromatic carbocycles. The number of nitrogens with zero attached hydrogens (tertiary/aromatic N) is 3. The Morgan fingerprint density at radius 2 is 1.72 bits per heavy atom. The molecule has 0 fully saturated rings. The normalized spacial score (nSPS) is 10.2. The van der Waals surface area contributed by atoms with Crippen LogP contribution in [-0.4, -0.2) is 14.3 Å². The lowest BCUT2D eigenvalue weighted by Gasteiger charge is -1.99. The van der Waals surface area contributed by atoms with Crippen molar-refractivity contribution in [2.24, 2.45) is 0 Å². The summed E-state index contributed by atoms with van der Waals surface area (Å²) in [6.45, 7) is 0. The summed E-state index contributed by atoms with van der Waals surface area (Å²) < 4.78 is 4.34. The fourth-order valence-electron chi connectivity index (χ4n) is 1.54. The Morgan fingerprint density at radius 1 is 0.944 bits per heavy atom. The molecule has 0 radical (unpaired) electrons. The molecule has 0 amide bonds. The maximum atomic E-state index is 4.45. The minimum Gasteiger partial charge on any atom is -0.330 e. The highest BCUT2D eigenvalue weighted by Gasteiger charge is 2.05. The van der Waals surface area contributed by atoms with E-state index in [2.05, 4.69) is 19.7 Å². The quantitative estimate of drug-likeness (QED) is 0.778. The van der Waals surface area contributed by atoms with Crippen molar-refractivity contribution in [3.63, 3.8) is 0 Å². The molecule has 5 heteroatoms. The minimum absolute atomic E-state index is 0.747. The summed E-state index contributed by atoms with van der Waals surface area (Å²) in [6, 6.07) is 13.7. The highest BCUT2D eigenvalue weighted by molar-refractivity contribution is 7.09. The van der Waals surface area contributed by atoms with E-state index in [1.54, 1.807) is 12.4 Å². The Labute approximate surface area is 109 Å². The molecule has 0 aliphatic carbocycles. The molecule has 3 rings (SSSR count). The second-order valence-electron chi connectivity index (χ2n) is 3.65. The molecule has 1 N–H and O–H groups in total. The maximum Gasteiger partial charge on any atom is 0.207 e. The van der Waals surface area contributed by atoms with Gasteiger partial charge in [0.1, 0.15) is 0 Å². The summed E-state index contributed by atoms with van der Waals surface area (Å²) in [6.07, 6.45) is 3.48. The van der Waals surface area contributed by atoms with Crippen LogP contribution in [0.4, 0.5) is 10.8 Å². The third-order valence-electron chi connectivity index (χ3n) is 2.39. The lowest BCUT2D eigenvalue weighted by molar-refractivity contribution is 1.30. The fourth-order valence-corrected chi connectivity index (χ4v) is 2.15. The molecule has 0 atom stereocenters. The van der Waals surface area contributed by atoms with Gasteiger partial charge in [0, 0.05) is 35.2 Å². The molecular formula is C13H10N4S. The molecule has 3 aromatic rings. The highest BCUT2D eigenvalue weighted by atomic mass is 32.1. The van der Waals surface area contributed by atoms with E-state index in [4.69, 9.17) is 0 Å². The largest absolute Gasteiger partial charge is 0.330 e. The van der Waals surface area contributed by atoms with Crippen LogP contribution in [0.1, 0.15) is 0 Å². The van der Waals surface area contributed by atoms with Crippen LogP contribution in [-0.2, 0) is 0 Å². The molecular weight excluding hydrogens is 244 g/mol. The van der Waals surface area contributed by atoms with Crippen LogP contribution in [0.5, 0.6) is 0 Å². The van der Waals surface area contributed by atoms with E-state index in [-0.39, 0.29) is 0 Å². The van der Waals surface area contributed by atoms with Crippen molar-refractivity contribution in [3.05, 3.63) is 54.9 Å². The molecule has 2 aromatic heterocycles. The standard InChI is InChI=1S/C13H10N4S/c1-2-4-10(5-3-1)12-16-13(18-17-12)15-11-6-8-14-9-7-11/h1-9H,(H,14,15,16,17). The van der Waals surface area contributed by atoms with Crippen LogP contribution in [0, 0.1) is 0 Å². The third kappa shape index (κ3) is 2.36. The number of pyridine rings is 1.